The van der Waals surface area contributed by atoms with Crippen molar-refractivity contribution in [2.24, 2.45) is 0 Å². The van der Waals surface area contributed by atoms with Crippen molar-refractivity contribution in [3.63, 3.8) is 0 Å². The third kappa shape index (κ3) is 2.44. The van der Waals surface area contributed by atoms with Crippen molar-refractivity contribution < 1.29 is 13.2 Å². The van der Waals surface area contributed by atoms with Crippen molar-refractivity contribution in [2.75, 3.05) is 17.5 Å². The maximum absolute atomic E-state index is 12.9. The van der Waals surface area contributed by atoms with E-state index in [9.17, 15) is 13.2 Å². The number of sulfonamides is 1. The monoisotopic (exact) mass is 326 g/mol. The summed E-state index contributed by atoms with van der Waals surface area (Å²) in [5.74, 6) is 0.541. The van der Waals surface area contributed by atoms with E-state index in [-0.39, 0.29) is 9.08 Å². The maximum atomic E-state index is 12.9. The van der Waals surface area contributed by atoms with Crippen molar-refractivity contribution in [3.05, 3.63) is 39.6 Å². The highest BCUT2D eigenvalue weighted by molar-refractivity contribution is 7.94. The average Bonchev–Trinajstić information content (AvgIpc) is 2.68. The highest BCUT2D eigenvalue weighted by atomic mass is 32.2. The summed E-state index contributed by atoms with van der Waals surface area (Å²) in [5, 5.41) is 0. The number of fused-ring (bicyclic) bond motifs is 1. The lowest BCUT2D eigenvalue weighted by molar-refractivity contribution is 0.322. The molecule has 112 valence electrons. The Morgan fingerprint density at radius 1 is 1.33 bits per heavy atom. The first-order valence-corrected chi connectivity index (χ1v) is 8.70. The molecule has 0 radical (unpaired) electrons. The van der Waals surface area contributed by atoms with Gasteiger partial charge in [-0.05, 0) is 19.1 Å². The second-order valence-electron chi connectivity index (χ2n) is 4.67. The topological polar surface area (TPSA) is 79.5 Å². The second kappa shape index (κ2) is 5.19. The van der Waals surface area contributed by atoms with Crippen molar-refractivity contribution in [1.29, 1.82) is 0 Å². The van der Waals surface area contributed by atoms with Crippen LogP contribution in [0.15, 0.2) is 33.3 Å². The molecule has 0 amide bonds. The second-order valence-corrected chi connectivity index (χ2v) is 7.71. The molecule has 0 saturated heterocycles. The van der Waals surface area contributed by atoms with E-state index in [1.807, 2.05) is 0 Å². The minimum absolute atomic E-state index is 0.0594. The fourth-order valence-corrected chi connectivity index (χ4v) is 5.19. The summed E-state index contributed by atoms with van der Waals surface area (Å²) in [6.07, 6.45) is 0.590. The van der Waals surface area contributed by atoms with E-state index in [1.165, 1.54) is 4.31 Å². The van der Waals surface area contributed by atoms with Gasteiger partial charge in [0.05, 0.1) is 12.3 Å². The van der Waals surface area contributed by atoms with Gasteiger partial charge in [0, 0.05) is 18.7 Å². The number of aromatic amines is 1. The zero-order chi connectivity index (χ0) is 15.0. The van der Waals surface area contributed by atoms with Crippen molar-refractivity contribution in [3.8, 4) is 5.75 Å². The van der Waals surface area contributed by atoms with Gasteiger partial charge in [0.1, 0.15) is 5.75 Å². The Kier molecular flexibility index (Phi) is 3.50. The Balaban J connectivity index is 2.15. The van der Waals surface area contributed by atoms with Crippen LogP contribution < -0.4 is 13.9 Å². The molecule has 2 heterocycles. The van der Waals surface area contributed by atoms with Gasteiger partial charge in [-0.1, -0.05) is 23.5 Å². The lowest BCUT2D eigenvalue weighted by atomic mass is 10.3. The van der Waals surface area contributed by atoms with E-state index < -0.39 is 10.0 Å². The predicted molar refractivity (Wildman–Crippen MR) is 80.8 cm³/mol. The fraction of sp³-hybridized carbons (Fsp3) is 0.308. The van der Waals surface area contributed by atoms with Crippen LogP contribution in [0, 0.1) is 6.92 Å². The fourth-order valence-electron chi connectivity index (χ4n) is 2.28. The number of benzene rings is 1. The average molecular weight is 326 g/mol. The van der Waals surface area contributed by atoms with E-state index in [2.05, 4.69) is 4.98 Å². The molecule has 1 aromatic carbocycles. The number of aromatic nitrogens is 1. The molecule has 6 nitrogen and oxygen atoms in total. The van der Waals surface area contributed by atoms with Crippen molar-refractivity contribution >= 4 is 27.0 Å². The summed E-state index contributed by atoms with van der Waals surface area (Å²) in [4.78, 5) is 13.6. The highest BCUT2D eigenvalue weighted by Crippen LogP contribution is 2.35. The van der Waals surface area contributed by atoms with Crippen LogP contribution in [0.3, 0.4) is 0 Å². The number of H-pyrrole nitrogens is 1. The molecule has 2 aromatic rings. The smallest absolute Gasteiger partial charge is 0.306 e. The van der Waals surface area contributed by atoms with Gasteiger partial charge in [0.15, 0.2) is 4.21 Å². The number of anilines is 1. The van der Waals surface area contributed by atoms with Gasteiger partial charge in [-0.25, -0.2) is 8.42 Å². The Hall–Kier alpha value is -1.80. The number of para-hydroxylation sites is 2. The molecule has 0 bridgehead atoms. The Bertz CT molecular complexity index is 823. The molecule has 0 atom stereocenters. The summed E-state index contributed by atoms with van der Waals surface area (Å²) in [7, 11) is -3.77. The molecule has 1 aromatic heterocycles. The number of ether oxygens (including phenoxy) is 1. The van der Waals surface area contributed by atoms with Crippen LogP contribution in [0.4, 0.5) is 5.69 Å². The molecule has 1 N–H and O–H groups in total. The molecule has 0 fully saturated rings. The normalized spacial score (nSPS) is 15.2. The molecule has 1 aliphatic rings. The van der Waals surface area contributed by atoms with Crippen LogP contribution in [-0.2, 0) is 10.0 Å². The molecule has 21 heavy (non-hydrogen) atoms. The molecule has 0 saturated carbocycles. The van der Waals surface area contributed by atoms with Crippen LogP contribution in [0.5, 0.6) is 5.75 Å². The van der Waals surface area contributed by atoms with Gasteiger partial charge in [-0.15, -0.1) is 0 Å². The Labute approximate surface area is 126 Å². The van der Waals surface area contributed by atoms with Crippen LogP contribution in [0.25, 0.3) is 0 Å². The molecule has 0 unspecified atom stereocenters. The number of nitrogens with one attached hydrogen (secondary N) is 1. The number of aryl methyl sites for hydroxylation is 1. The lowest BCUT2D eigenvalue weighted by Gasteiger charge is -2.22. The quantitative estimate of drug-likeness (QED) is 0.911. The summed E-state index contributed by atoms with van der Waals surface area (Å²) in [6.45, 7) is 2.38. The Morgan fingerprint density at radius 2 is 2.10 bits per heavy atom. The SMILES string of the molecule is Cc1[nH]c(=O)sc1S(=O)(=O)N1CCCOc2ccccc21. The van der Waals surface area contributed by atoms with E-state index in [1.54, 1.807) is 31.2 Å². The van der Waals surface area contributed by atoms with E-state index in [0.29, 0.717) is 48.0 Å². The summed E-state index contributed by atoms with van der Waals surface area (Å²) in [6, 6.07) is 7.02. The van der Waals surface area contributed by atoms with Gasteiger partial charge in [0.2, 0.25) is 0 Å². The molecule has 8 heteroatoms. The lowest BCUT2D eigenvalue weighted by Crippen LogP contribution is -2.31. The van der Waals surface area contributed by atoms with Gasteiger partial charge in [0.25, 0.3) is 10.0 Å². The number of nitrogens with zero attached hydrogens (tertiary/aromatic N) is 1. The number of hydrogen-bond acceptors (Lipinski definition) is 5. The number of hydrogen-bond donors (Lipinski definition) is 1. The number of thiazole rings is 1. The van der Waals surface area contributed by atoms with Gasteiger partial charge >= 0.3 is 4.87 Å². The van der Waals surface area contributed by atoms with Gasteiger partial charge in [-0.2, -0.15) is 0 Å². The molecular weight excluding hydrogens is 312 g/mol. The van der Waals surface area contributed by atoms with Crippen molar-refractivity contribution in [2.45, 2.75) is 17.6 Å². The highest BCUT2D eigenvalue weighted by Gasteiger charge is 2.31. The zero-order valence-corrected chi connectivity index (χ0v) is 13.0. The number of rotatable bonds is 2. The van der Waals surface area contributed by atoms with Crippen LogP contribution >= 0.6 is 11.3 Å². The first-order valence-electron chi connectivity index (χ1n) is 6.44. The Morgan fingerprint density at radius 3 is 2.81 bits per heavy atom. The van der Waals surface area contributed by atoms with Gasteiger partial charge < -0.3 is 9.72 Å². The molecule has 3 rings (SSSR count). The standard InChI is InChI=1S/C13H14N2O4S2/c1-9-12(20-13(16)14-9)21(17,18)15-7-4-8-19-11-6-3-2-5-10(11)15/h2-3,5-6H,4,7-8H2,1H3,(H,14,16). The van der Waals surface area contributed by atoms with Crippen molar-refractivity contribution in [1.82, 2.24) is 4.98 Å². The molecule has 0 spiro atoms. The third-order valence-electron chi connectivity index (χ3n) is 3.20. The van der Waals surface area contributed by atoms with E-state index >= 15 is 0 Å². The molecule has 1 aliphatic heterocycles. The zero-order valence-electron chi connectivity index (χ0n) is 11.3. The predicted octanol–water partition coefficient (Wildman–Crippen LogP) is 1.72. The first-order chi connectivity index (χ1) is 10.00. The van der Waals surface area contributed by atoms with E-state index in [0.717, 1.165) is 0 Å². The van der Waals surface area contributed by atoms with Crippen LogP contribution in [-0.4, -0.2) is 26.6 Å². The minimum atomic E-state index is -3.77. The maximum Gasteiger partial charge on any atom is 0.306 e. The summed E-state index contributed by atoms with van der Waals surface area (Å²) >= 11 is 0.715. The third-order valence-corrected chi connectivity index (χ3v) is 6.60. The molecular formula is C13H14N2O4S2. The first kappa shape index (κ1) is 14.2. The van der Waals surface area contributed by atoms with Crippen LogP contribution in [0.2, 0.25) is 0 Å². The van der Waals surface area contributed by atoms with Crippen LogP contribution in [0.1, 0.15) is 12.1 Å². The molecule has 0 aliphatic carbocycles. The largest absolute Gasteiger partial charge is 0.491 e. The minimum Gasteiger partial charge on any atom is -0.491 e. The van der Waals surface area contributed by atoms with Gasteiger partial charge in [-0.3, -0.25) is 9.10 Å². The van der Waals surface area contributed by atoms with E-state index in [4.69, 9.17) is 4.74 Å². The summed E-state index contributed by atoms with van der Waals surface area (Å²) in [5.41, 5.74) is 0.878. The summed E-state index contributed by atoms with van der Waals surface area (Å²) < 4.78 is 32.7.